The molecule has 21 heavy (non-hydrogen) atoms. The molecule has 1 aromatic heterocycles. The maximum atomic E-state index is 13.9. The molecule has 3 nitrogen and oxygen atoms in total. The Bertz CT molecular complexity index is 830. The SMILES string of the molecule is NC(=S)c1c(F)cccc1Oc1cccc2ncccc12. The van der Waals surface area contributed by atoms with Gasteiger partial charge in [-0.25, -0.2) is 4.39 Å². The van der Waals surface area contributed by atoms with Crippen molar-refractivity contribution in [3.8, 4) is 11.5 Å². The van der Waals surface area contributed by atoms with Crippen LogP contribution in [0.3, 0.4) is 0 Å². The number of thiocarbonyl (C=S) groups is 1. The van der Waals surface area contributed by atoms with Gasteiger partial charge in [-0.2, -0.15) is 0 Å². The summed E-state index contributed by atoms with van der Waals surface area (Å²) in [5.41, 5.74) is 6.48. The van der Waals surface area contributed by atoms with Crippen molar-refractivity contribution >= 4 is 28.1 Å². The van der Waals surface area contributed by atoms with Crippen molar-refractivity contribution in [1.82, 2.24) is 4.98 Å². The molecule has 2 aromatic carbocycles. The van der Waals surface area contributed by atoms with Crippen molar-refractivity contribution in [1.29, 1.82) is 0 Å². The van der Waals surface area contributed by atoms with E-state index in [1.807, 2.05) is 24.3 Å². The Morgan fingerprint density at radius 2 is 1.81 bits per heavy atom. The molecule has 0 fully saturated rings. The number of rotatable bonds is 3. The average Bonchev–Trinajstić information content (AvgIpc) is 2.47. The number of fused-ring (bicyclic) bond motifs is 1. The van der Waals surface area contributed by atoms with Gasteiger partial charge in [-0.15, -0.1) is 0 Å². The van der Waals surface area contributed by atoms with E-state index < -0.39 is 5.82 Å². The number of aromatic nitrogens is 1. The Kier molecular flexibility index (Phi) is 3.50. The van der Waals surface area contributed by atoms with Crippen LogP contribution >= 0.6 is 12.2 Å². The third-order valence-corrected chi connectivity index (χ3v) is 3.25. The minimum absolute atomic E-state index is 0.0403. The highest BCUT2D eigenvalue weighted by Crippen LogP contribution is 2.31. The first-order valence-electron chi connectivity index (χ1n) is 6.27. The van der Waals surface area contributed by atoms with Gasteiger partial charge in [0.1, 0.15) is 22.3 Å². The van der Waals surface area contributed by atoms with Crippen LogP contribution in [-0.4, -0.2) is 9.97 Å². The Morgan fingerprint density at radius 3 is 2.62 bits per heavy atom. The van der Waals surface area contributed by atoms with Crippen LogP contribution in [0.1, 0.15) is 5.56 Å². The zero-order chi connectivity index (χ0) is 14.8. The molecule has 0 atom stereocenters. The summed E-state index contributed by atoms with van der Waals surface area (Å²) in [7, 11) is 0. The van der Waals surface area contributed by atoms with Crippen molar-refractivity contribution in [2.45, 2.75) is 0 Å². The second-order valence-electron chi connectivity index (χ2n) is 4.41. The average molecular weight is 298 g/mol. The van der Waals surface area contributed by atoms with Gasteiger partial charge in [0.25, 0.3) is 0 Å². The van der Waals surface area contributed by atoms with E-state index in [1.54, 1.807) is 24.4 Å². The van der Waals surface area contributed by atoms with Gasteiger partial charge < -0.3 is 10.5 Å². The Balaban J connectivity index is 2.12. The summed E-state index contributed by atoms with van der Waals surface area (Å²) in [5, 5.41) is 0.832. The lowest BCUT2D eigenvalue weighted by atomic mass is 10.1. The topological polar surface area (TPSA) is 48.1 Å². The number of ether oxygens (including phenoxy) is 1. The van der Waals surface area contributed by atoms with E-state index in [9.17, 15) is 4.39 Å². The maximum Gasteiger partial charge on any atom is 0.140 e. The summed E-state index contributed by atoms with van der Waals surface area (Å²) in [4.78, 5) is 4.21. The zero-order valence-corrected chi connectivity index (χ0v) is 11.7. The molecule has 0 amide bonds. The second kappa shape index (κ2) is 5.46. The molecule has 5 heteroatoms. The highest BCUT2D eigenvalue weighted by Gasteiger charge is 2.14. The number of hydrogen-bond donors (Lipinski definition) is 1. The molecule has 0 bridgehead atoms. The summed E-state index contributed by atoms with van der Waals surface area (Å²) < 4.78 is 19.7. The molecule has 2 N–H and O–H groups in total. The second-order valence-corrected chi connectivity index (χ2v) is 4.85. The number of halogens is 1. The standard InChI is InChI=1S/C16H11FN2OS/c17-11-5-1-8-14(15(11)16(18)21)20-13-7-2-6-12-10(13)4-3-9-19-12/h1-9H,(H2,18,21). The highest BCUT2D eigenvalue weighted by atomic mass is 32.1. The van der Waals surface area contributed by atoms with Crippen molar-refractivity contribution in [2.75, 3.05) is 0 Å². The molecule has 0 unspecified atom stereocenters. The van der Waals surface area contributed by atoms with Crippen LogP contribution in [-0.2, 0) is 0 Å². The van der Waals surface area contributed by atoms with Crippen molar-refractivity contribution in [2.24, 2.45) is 5.73 Å². The fourth-order valence-electron chi connectivity index (χ4n) is 2.11. The van der Waals surface area contributed by atoms with E-state index >= 15 is 0 Å². The van der Waals surface area contributed by atoms with Crippen LogP contribution in [0.15, 0.2) is 54.7 Å². The lowest BCUT2D eigenvalue weighted by Gasteiger charge is -2.12. The number of nitrogens with zero attached hydrogens (tertiary/aromatic N) is 1. The molecule has 0 saturated heterocycles. The molecular weight excluding hydrogens is 287 g/mol. The highest BCUT2D eigenvalue weighted by molar-refractivity contribution is 7.80. The van der Waals surface area contributed by atoms with E-state index in [0.717, 1.165) is 10.9 Å². The smallest absolute Gasteiger partial charge is 0.140 e. The fraction of sp³-hybridized carbons (Fsp3) is 0. The van der Waals surface area contributed by atoms with Gasteiger partial charge in [0.05, 0.1) is 11.1 Å². The number of benzene rings is 2. The first-order valence-corrected chi connectivity index (χ1v) is 6.67. The molecule has 3 rings (SSSR count). The number of pyridine rings is 1. The van der Waals surface area contributed by atoms with E-state index in [2.05, 4.69) is 4.98 Å². The minimum atomic E-state index is -0.502. The van der Waals surface area contributed by atoms with Gasteiger partial charge in [0.2, 0.25) is 0 Å². The van der Waals surface area contributed by atoms with Crippen molar-refractivity contribution < 1.29 is 9.13 Å². The molecule has 0 spiro atoms. The van der Waals surface area contributed by atoms with E-state index in [1.165, 1.54) is 6.07 Å². The van der Waals surface area contributed by atoms with Gasteiger partial charge in [-0.05, 0) is 36.4 Å². The lowest BCUT2D eigenvalue weighted by Crippen LogP contribution is -2.13. The van der Waals surface area contributed by atoms with Crippen molar-refractivity contribution in [3.05, 3.63) is 66.1 Å². The molecule has 3 aromatic rings. The van der Waals surface area contributed by atoms with Crippen molar-refractivity contribution in [3.63, 3.8) is 0 Å². The van der Waals surface area contributed by atoms with Gasteiger partial charge >= 0.3 is 0 Å². The van der Waals surface area contributed by atoms with Crippen LogP contribution in [0.4, 0.5) is 4.39 Å². The largest absolute Gasteiger partial charge is 0.456 e. The van der Waals surface area contributed by atoms with Crippen LogP contribution < -0.4 is 10.5 Å². The molecular formula is C16H11FN2OS. The summed E-state index contributed by atoms with van der Waals surface area (Å²) in [6, 6.07) is 13.7. The first kappa shape index (κ1) is 13.5. The molecule has 104 valence electrons. The number of hydrogen-bond acceptors (Lipinski definition) is 3. The third-order valence-electron chi connectivity index (χ3n) is 3.05. The lowest BCUT2D eigenvalue weighted by molar-refractivity contribution is 0.480. The monoisotopic (exact) mass is 298 g/mol. The Hall–Kier alpha value is -2.53. The van der Waals surface area contributed by atoms with Crippen LogP contribution in [0.5, 0.6) is 11.5 Å². The predicted molar refractivity (Wildman–Crippen MR) is 84.1 cm³/mol. The van der Waals surface area contributed by atoms with Crippen LogP contribution in [0.2, 0.25) is 0 Å². The summed E-state index contributed by atoms with van der Waals surface area (Å²) in [5.74, 6) is 0.362. The maximum absolute atomic E-state index is 13.9. The van der Waals surface area contributed by atoms with Gasteiger partial charge in [0.15, 0.2) is 0 Å². The Morgan fingerprint density at radius 1 is 1.05 bits per heavy atom. The Labute approximate surface area is 126 Å². The summed E-state index contributed by atoms with van der Waals surface area (Å²) in [6.45, 7) is 0. The quantitative estimate of drug-likeness (QED) is 0.747. The molecule has 0 radical (unpaired) electrons. The zero-order valence-electron chi connectivity index (χ0n) is 10.9. The molecule has 0 saturated carbocycles. The third kappa shape index (κ3) is 2.55. The van der Waals surface area contributed by atoms with E-state index in [-0.39, 0.29) is 10.6 Å². The van der Waals surface area contributed by atoms with E-state index in [0.29, 0.717) is 11.5 Å². The van der Waals surface area contributed by atoms with E-state index in [4.69, 9.17) is 22.7 Å². The molecule has 1 heterocycles. The molecule has 0 aliphatic heterocycles. The normalized spacial score (nSPS) is 10.5. The van der Waals surface area contributed by atoms with Gasteiger partial charge in [0, 0.05) is 11.6 Å². The van der Waals surface area contributed by atoms with Crippen LogP contribution in [0.25, 0.3) is 10.9 Å². The minimum Gasteiger partial charge on any atom is -0.456 e. The summed E-state index contributed by atoms with van der Waals surface area (Å²) >= 11 is 4.89. The van der Waals surface area contributed by atoms with Crippen LogP contribution in [0, 0.1) is 5.82 Å². The van der Waals surface area contributed by atoms with Gasteiger partial charge in [-0.3, -0.25) is 4.98 Å². The molecule has 0 aliphatic rings. The van der Waals surface area contributed by atoms with Gasteiger partial charge in [-0.1, -0.05) is 24.4 Å². The first-order chi connectivity index (χ1) is 10.2. The predicted octanol–water partition coefficient (Wildman–Crippen LogP) is 3.80. The fourth-order valence-corrected chi connectivity index (χ4v) is 2.31. The summed E-state index contributed by atoms with van der Waals surface area (Å²) in [6.07, 6.45) is 1.70. The number of nitrogens with two attached hydrogens (primary N) is 1. The molecule has 0 aliphatic carbocycles.